The molecule has 0 aliphatic rings. The van der Waals surface area contributed by atoms with Gasteiger partial charge in [-0.25, -0.2) is 9.18 Å². The van der Waals surface area contributed by atoms with Crippen molar-refractivity contribution in [2.75, 3.05) is 7.11 Å². The van der Waals surface area contributed by atoms with E-state index in [1.54, 1.807) is 28.8 Å². The van der Waals surface area contributed by atoms with E-state index in [0.29, 0.717) is 33.5 Å². The second-order valence-electron chi connectivity index (χ2n) is 11.3. The summed E-state index contributed by atoms with van der Waals surface area (Å²) >= 11 is 0. The molecule has 0 saturated heterocycles. The lowest BCUT2D eigenvalue weighted by atomic mass is 9.94. The SMILES string of the molecule is COc1ccc(CNC(=O)c2c(-c3ccccc3)c(-c3ccc(F)cc3)c(C=CC(O)CC(O)CC(=O)O)n2C(C)C)cc1C(=O)O. The van der Waals surface area contributed by atoms with Gasteiger partial charge in [-0.3, -0.25) is 9.59 Å². The Bertz CT molecular complexity index is 1760. The van der Waals surface area contributed by atoms with Gasteiger partial charge in [-0.15, -0.1) is 0 Å². The number of aliphatic hydroxyl groups is 2. The van der Waals surface area contributed by atoms with Crippen molar-refractivity contribution in [1.82, 2.24) is 9.88 Å². The molecule has 0 aliphatic heterocycles. The van der Waals surface area contributed by atoms with Gasteiger partial charge in [0, 0.05) is 35.8 Å². The van der Waals surface area contributed by atoms with Crippen LogP contribution in [0.4, 0.5) is 4.39 Å². The van der Waals surface area contributed by atoms with Crippen LogP contribution in [0.3, 0.4) is 0 Å². The first kappa shape index (κ1) is 34.6. The van der Waals surface area contributed by atoms with Crippen molar-refractivity contribution in [3.63, 3.8) is 0 Å². The lowest BCUT2D eigenvalue weighted by Crippen LogP contribution is -2.27. The summed E-state index contributed by atoms with van der Waals surface area (Å²) in [5.41, 5.74) is 3.69. The van der Waals surface area contributed by atoms with E-state index < -0.39 is 42.3 Å². The number of rotatable bonds is 14. The van der Waals surface area contributed by atoms with E-state index in [-0.39, 0.29) is 36.0 Å². The number of aromatic nitrogens is 1. The smallest absolute Gasteiger partial charge is 0.339 e. The molecule has 0 bridgehead atoms. The van der Waals surface area contributed by atoms with Crippen LogP contribution in [0.2, 0.25) is 0 Å². The van der Waals surface area contributed by atoms with Gasteiger partial charge in [-0.05, 0) is 60.9 Å². The number of benzene rings is 3. The second-order valence-corrected chi connectivity index (χ2v) is 11.3. The molecule has 246 valence electrons. The van der Waals surface area contributed by atoms with Gasteiger partial charge in [0.15, 0.2) is 0 Å². The number of hydrogen-bond acceptors (Lipinski definition) is 6. The zero-order chi connectivity index (χ0) is 34.2. The number of carbonyl (C=O) groups excluding carboxylic acids is 1. The number of hydrogen-bond donors (Lipinski definition) is 5. The van der Waals surface area contributed by atoms with Crippen molar-refractivity contribution < 1.29 is 43.9 Å². The van der Waals surface area contributed by atoms with Crippen molar-refractivity contribution in [3.8, 4) is 28.0 Å². The largest absolute Gasteiger partial charge is 0.496 e. The Hall–Kier alpha value is -5.26. The lowest BCUT2D eigenvalue weighted by molar-refractivity contribution is -0.139. The fourth-order valence-corrected chi connectivity index (χ4v) is 5.47. The highest BCUT2D eigenvalue weighted by atomic mass is 19.1. The maximum atomic E-state index is 14.2. The summed E-state index contributed by atoms with van der Waals surface area (Å²) in [5.74, 6) is -3.10. The maximum absolute atomic E-state index is 14.2. The van der Waals surface area contributed by atoms with E-state index >= 15 is 0 Å². The number of carboxylic acid groups (broad SMARTS) is 2. The van der Waals surface area contributed by atoms with Crippen LogP contribution in [-0.2, 0) is 11.3 Å². The molecule has 10 nitrogen and oxygen atoms in total. The molecule has 0 spiro atoms. The molecule has 5 N–H and O–H groups in total. The van der Waals surface area contributed by atoms with Gasteiger partial charge < -0.3 is 35.0 Å². The summed E-state index contributed by atoms with van der Waals surface area (Å²) < 4.78 is 21.0. The van der Waals surface area contributed by atoms with Crippen molar-refractivity contribution in [2.45, 2.75) is 51.5 Å². The van der Waals surface area contributed by atoms with Gasteiger partial charge >= 0.3 is 11.9 Å². The van der Waals surface area contributed by atoms with Gasteiger partial charge in [-0.2, -0.15) is 0 Å². The number of aliphatic hydroxyl groups excluding tert-OH is 2. The number of aliphatic carboxylic acids is 1. The number of halogens is 1. The second kappa shape index (κ2) is 15.4. The van der Waals surface area contributed by atoms with Gasteiger partial charge in [0.05, 0.1) is 25.7 Å². The molecule has 4 aromatic rings. The first-order valence-electron chi connectivity index (χ1n) is 14.9. The number of carbonyl (C=O) groups is 3. The van der Waals surface area contributed by atoms with Gasteiger partial charge in [0.25, 0.3) is 5.91 Å². The molecule has 1 heterocycles. The number of nitrogens with zero attached hydrogens (tertiary/aromatic N) is 1. The number of nitrogens with one attached hydrogen (secondary N) is 1. The summed E-state index contributed by atoms with van der Waals surface area (Å²) in [6.45, 7) is 3.76. The predicted molar refractivity (Wildman–Crippen MR) is 175 cm³/mol. The highest BCUT2D eigenvalue weighted by Gasteiger charge is 2.29. The van der Waals surface area contributed by atoms with Crippen LogP contribution in [0, 0.1) is 5.82 Å². The molecular weight excluding hydrogens is 607 g/mol. The normalized spacial score (nSPS) is 12.7. The highest BCUT2D eigenvalue weighted by Crippen LogP contribution is 2.42. The average Bonchev–Trinajstić information content (AvgIpc) is 3.38. The van der Waals surface area contributed by atoms with Crippen LogP contribution < -0.4 is 10.1 Å². The Labute approximate surface area is 271 Å². The Morgan fingerprint density at radius 1 is 0.936 bits per heavy atom. The molecule has 0 aliphatic carbocycles. The van der Waals surface area contributed by atoms with Crippen LogP contribution in [-0.4, -0.2) is 62.2 Å². The molecular formula is C36H37FN2O8. The molecule has 47 heavy (non-hydrogen) atoms. The Morgan fingerprint density at radius 3 is 2.19 bits per heavy atom. The van der Waals surface area contributed by atoms with Crippen molar-refractivity contribution in [2.24, 2.45) is 0 Å². The van der Waals surface area contributed by atoms with Gasteiger partial charge in [0.1, 0.15) is 22.8 Å². The molecule has 0 radical (unpaired) electrons. The van der Waals surface area contributed by atoms with E-state index in [4.69, 9.17) is 9.84 Å². The number of carboxylic acids is 2. The van der Waals surface area contributed by atoms with Crippen molar-refractivity contribution >= 4 is 23.9 Å². The van der Waals surface area contributed by atoms with Crippen molar-refractivity contribution in [3.05, 3.63) is 107 Å². The third kappa shape index (κ3) is 8.32. The molecule has 0 fully saturated rings. The van der Waals surface area contributed by atoms with Crippen LogP contribution in [0.15, 0.2) is 78.9 Å². The Morgan fingerprint density at radius 2 is 1.60 bits per heavy atom. The van der Waals surface area contributed by atoms with Gasteiger partial charge in [-0.1, -0.05) is 54.6 Å². The first-order chi connectivity index (χ1) is 22.4. The van der Waals surface area contributed by atoms with Gasteiger partial charge in [0.2, 0.25) is 0 Å². The minimum Gasteiger partial charge on any atom is -0.496 e. The van der Waals surface area contributed by atoms with E-state index in [1.165, 1.54) is 37.5 Å². The van der Waals surface area contributed by atoms with E-state index in [9.17, 15) is 34.1 Å². The van der Waals surface area contributed by atoms with Crippen LogP contribution in [0.1, 0.15) is 64.8 Å². The summed E-state index contributed by atoms with van der Waals surface area (Å²) in [5, 5.41) is 42.3. The minimum absolute atomic E-state index is 0.00214. The maximum Gasteiger partial charge on any atom is 0.339 e. The molecule has 2 unspecified atom stereocenters. The van der Waals surface area contributed by atoms with Crippen LogP contribution >= 0.6 is 0 Å². The van der Waals surface area contributed by atoms with Crippen LogP contribution in [0.5, 0.6) is 5.75 Å². The molecule has 11 heteroatoms. The predicted octanol–water partition coefficient (Wildman–Crippen LogP) is 5.78. The summed E-state index contributed by atoms with van der Waals surface area (Å²) in [4.78, 5) is 37.0. The quantitative estimate of drug-likeness (QED) is 0.116. The summed E-state index contributed by atoms with van der Waals surface area (Å²) in [7, 11) is 1.37. The van der Waals surface area contributed by atoms with E-state index in [1.807, 2.05) is 44.2 Å². The first-order valence-corrected chi connectivity index (χ1v) is 14.9. The highest BCUT2D eigenvalue weighted by molar-refractivity contribution is 6.06. The number of amides is 1. The number of methoxy groups -OCH3 is 1. The molecule has 0 saturated carbocycles. The number of ether oxygens (including phenoxy) is 1. The number of aromatic carboxylic acids is 1. The zero-order valence-corrected chi connectivity index (χ0v) is 26.2. The van der Waals surface area contributed by atoms with Crippen molar-refractivity contribution in [1.29, 1.82) is 0 Å². The third-order valence-electron chi connectivity index (χ3n) is 7.52. The molecule has 2 atom stereocenters. The topological polar surface area (TPSA) is 158 Å². The summed E-state index contributed by atoms with van der Waals surface area (Å²) in [6, 6.07) is 19.3. The van der Waals surface area contributed by atoms with E-state index in [2.05, 4.69) is 5.32 Å². The monoisotopic (exact) mass is 644 g/mol. The average molecular weight is 645 g/mol. The minimum atomic E-state index is -1.28. The fourth-order valence-electron chi connectivity index (χ4n) is 5.47. The molecule has 4 rings (SSSR count). The van der Waals surface area contributed by atoms with Crippen LogP contribution in [0.25, 0.3) is 28.3 Å². The molecule has 1 amide bonds. The van der Waals surface area contributed by atoms with E-state index in [0.717, 1.165) is 0 Å². The standard InChI is InChI=1S/C36H37FN2O8/c1-21(2)39-29(15-14-26(40)18-27(41)19-31(42)43)32(24-10-12-25(37)13-11-24)33(23-7-5-4-6-8-23)34(39)35(44)38-20-22-9-16-30(47-3)28(17-22)36(45)46/h4-17,21,26-27,40-41H,18-20H2,1-3H3,(H,38,44)(H,42,43)(H,45,46). The zero-order valence-electron chi connectivity index (χ0n) is 26.2. The Kier molecular flexibility index (Phi) is 11.3. The molecule has 1 aromatic heterocycles. The third-order valence-corrected chi connectivity index (χ3v) is 7.52. The Balaban J connectivity index is 1.89. The fraction of sp³-hybridized carbons (Fsp3) is 0.250. The lowest BCUT2D eigenvalue weighted by Gasteiger charge is -2.17. The summed E-state index contributed by atoms with van der Waals surface area (Å²) in [6.07, 6.45) is -0.205. The molecule has 3 aromatic carbocycles.